The summed E-state index contributed by atoms with van der Waals surface area (Å²) in [4.78, 5) is 4.61. The Hall–Kier alpha value is -0.940. The van der Waals surface area contributed by atoms with E-state index < -0.39 is 0 Å². The van der Waals surface area contributed by atoms with E-state index in [0.717, 1.165) is 69.3 Å². The van der Waals surface area contributed by atoms with Gasteiger partial charge in [-0.2, -0.15) is 0 Å². The highest BCUT2D eigenvalue weighted by molar-refractivity contribution is 14.0. The quantitative estimate of drug-likeness (QED) is 0.205. The summed E-state index contributed by atoms with van der Waals surface area (Å²) >= 11 is 0. The van der Waals surface area contributed by atoms with Crippen LogP contribution in [0.25, 0.3) is 0 Å². The van der Waals surface area contributed by atoms with E-state index in [9.17, 15) is 0 Å². The SMILES string of the molecule is COCCCNC(=NCc1nnc(C)n1C)NCCCOCC1CC1.I. The molecule has 0 aromatic carbocycles. The number of methoxy groups -OCH3 is 1. The molecule has 0 bridgehead atoms. The molecule has 8 nitrogen and oxygen atoms in total. The van der Waals surface area contributed by atoms with Crippen LogP contribution in [0, 0.1) is 12.8 Å². The number of hydrogen-bond acceptors (Lipinski definition) is 5. The zero-order chi connectivity index (χ0) is 17.9. The first-order valence-electron chi connectivity index (χ1n) is 9.14. The minimum absolute atomic E-state index is 0. The number of aliphatic imine (C=N–C) groups is 1. The molecule has 150 valence electrons. The van der Waals surface area contributed by atoms with Gasteiger partial charge in [-0.05, 0) is 38.5 Å². The molecule has 0 amide bonds. The minimum Gasteiger partial charge on any atom is -0.385 e. The van der Waals surface area contributed by atoms with Gasteiger partial charge in [0, 0.05) is 47.1 Å². The van der Waals surface area contributed by atoms with Crippen LogP contribution in [0.2, 0.25) is 0 Å². The molecule has 0 aliphatic heterocycles. The Bertz CT molecular complexity index is 533. The number of ether oxygens (including phenoxy) is 2. The zero-order valence-corrected chi connectivity index (χ0v) is 18.5. The number of nitrogens with zero attached hydrogens (tertiary/aromatic N) is 4. The molecule has 1 aromatic heterocycles. The molecule has 0 saturated heterocycles. The number of guanidine groups is 1. The van der Waals surface area contributed by atoms with E-state index in [2.05, 4.69) is 25.8 Å². The second-order valence-corrected chi connectivity index (χ2v) is 6.46. The number of aromatic nitrogens is 3. The Labute approximate surface area is 173 Å². The Kier molecular flexibility index (Phi) is 11.8. The van der Waals surface area contributed by atoms with Crippen molar-refractivity contribution in [3.63, 3.8) is 0 Å². The smallest absolute Gasteiger partial charge is 0.191 e. The van der Waals surface area contributed by atoms with Crippen molar-refractivity contribution in [2.45, 2.75) is 39.2 Å². The van der Waals surface area contributed by atoms with Crippen molar-refractivity contribution in [1.29, 1.82) is 0 Å². The standard InChI is InChI=1S/C17H32N6O2.HI/c1-14-21-22-16(23(14)2)12-20-17(18-8-4-10-24-3)19-9-5-11-25-13-15-6-7-15;/h15H,4-13H2,1-3H3,(H2,18,19,20);1H. The second-order valence-electron chi connectivity index (χ2n) is 6.46. The fourth-order valence-electron chi connectivity index (χ4n) is 2.25. The summed E-state index contributed by atoms with van der Waals surface area (Å²) in [6.07, 6.45) is 4.57. The first kappa shape index (κ1) is 23.1. The highest BCUT2D eigenvalue weighted by Crippen LogP contribution is 2.28. The summed E-state index contributed by atoms with van der Waals surface area (Å²) in [6, 6.07) is 0. The van der Waals surface area contributed by atoms with Crippen molar-refractivity contribution in [2.24, 2.45) is 18.0 Å². The molecular weight excluding hydrogens is 447 g/mol. The third-order valence-corrected chi connectivity index (χ3v) is 4.19. The molecule has 1 saturated carbocycles. The molecule has 26 heavy (non-hydrogen) atoms. The fourth-order valence-corrected chi connectivity index (χ4v) is 2.25. The lowest BCUT2D eigenvalue weighted by Crippen LogP contribution is -2.39. The molecule has 2 rings (SSSR count). The molecule has 0 radical (unpaired) electrons. The molecule has 1 aliphatic rings. The van der Waals surface area contributed by atoms with Crippen LogP contribution in [-0.4, -0.2) is 60.7 Å². The number of aryl methyl sites for hydroxylation is 1. The number of halogens is 1. The Morgan fingerprint density at radius 3 is 2.46 bits per heavy atom. The van der Waals surface area contributed by atoms with Crippen LogP contribution in [0.5, 0.6) is 0 Å². The molecule has 0 spiro atoms. The summed E-state index contributed by atoms with van der Waals surface area (Å²) in [5.74, 6) is 3.35. The first-order valence-corrected chi connectivity index (χ1v) is 9.14. The zero-order valence-electron chi connectivity index (χ0n) is 16.2. The van der Waals surface area contributed by atoms with Gasteiger partial charge in [0.15, 0.2) is 11.8 Å². The first-order chi connectivity index (χ1) is 12.2. The molecular formula is C17H33IN6O2. The molecule has 0 unspecified atom stereocenters. The molecule has 0 atom stereocenters. The maximum atomic E-state index is 5.66. The van der Waals surface area contributed by atoms with Crippen LogP contribution in [0.3, 0.4) is 0 Å². The molecule has 1 heterocycles. The van der Waals surface area contributed by atoms with Crippen LogP contribution in [-0.2, 0) is 23.1 Å². The van der Waals surface area contributed by atoms with Gasteiger partial charge in [0.25, 0.3) is 0 Å². The van der Waals surface area contributed by atoms with E-state index in [-0.39, 0.29) is 24.0 Å². The maximum absolute atomic E-state index is 5.66. The predicted octanol–water partition coefficient (Wildman–Crippen LogP) is 1.63. The summed E-state index contributed by atoms with van der Waals surface area (Å²) in [5.41, 5.74) is 0. The van der Waals surface area contributed by atoms with E-state index in [0.29, 0.717) is 6.54 Å². The van der Waals surface area contributed by atoms with Crippen molar-refractivity contribution in [1.82, 2.24) is 25.4 Å². The predicted molar refractivity (Wildman–Crippen MR) is 113 cm³/mol. The van der Waals surface area contributed by atoms with Crippen LogP contribution in [0.1, 0.15) is 37.3 Å². The van der Waals surface area contributed by atoms with Gasteiger partial charge >= 0.3 is 0 Å². The van der Waals surface area contributed by atoms with Gasteiger partial charge in [-0.1, -0.05) is 0 Å². The minimum atomic E-state index is 0. The fraction of sp³-hybridized carbons (Fsp3) is 0.824. The van der Waals surface area contributed by atoms with Crippen molar-refractivity contribution in [3.8, 4) is 0 Å². The Balaban J connectivity index is 0.00000338. The average Bonchev–Trinajstić information content (AvgIpc) is 3.38. The van der Waals surface area contributed by atoms with E-state index in [1.54, 1.807) is 7.11 Å². The monoisotopic (exact) mass is 480 g/mol. The van der Waals surface area contributed by atoms with Crippen molar-refractivity contribution in [2.75, 3.05) is 40.0 Å². The van der Waals surface area contributed by atoms with Gasteiger partial charge in [-0.3, -0.25) is 0 Å². The van der Waals surface area contributed by atoms with Gasteiger partial charge in [0.1, 0.15) is 12.4 Å². The van der Waals surface area contributed by atoms with Gasteiger partial charge in [0.2, 0.25) is 0 Å². The van der Waals surface area contributed by atoms with E-state index in [4.69, 9.17) is 9.47 Å². The van der Waals surface area contributed by atoms with Gasteiger partial charge in [0.05, 0.1) is 0 Å². The van der Waals surface area contributed by atoms with E-state index in [1.807, 2.05) is 18.5 Å². The molecule has 1 aromatic rings. The summed E-state index contributed by atoms with van der Waals surface area (Å²) in [7, 11) is 3.67. The Morgan fingerprint density at radius 1 is 1.19 bits per heavy atom. The molecule has 1 aliphatic carbocycles. The average molecular weight is 480 g/mol. The van der Waals surface area contributed by atoms with Crippen molar-refractivity contribution >= 4 is 29.9 Å². The van der Waals surface area contributed by atoms with Crippen molar-refractivity contribution in [3.05, 3.63) is 11.6 Å². The second kappa shape index (κ2) is 13.3. The van der Waals surface area contributed by atoms with E-state index in [1.165, 1.54) is 12.8 Å². The van der Waals surface area contributed by atoms with Crippen molar-refractivity contribution < 1.29 is 9.47 Å². The normalized spacial score (nSPS) is 14.2. The lowest BCUT2D eigenvalue weighted by Gasteiger charge is -2.12. The topological polar surface area (TPSA) is 85.6 Å². The molecule has 2 N–H and O–H groups in total. The number of rotatable bonds is 12. The maximum Gasteiger partial charge on any atom is 0.191 e. The summed E-state index contributed by atoms with van der Waals surface area (Å²) in [5, 5.41) is 14.9. The highest BCUT2D eigenvalue weighted by Gasteiger charge is 2.20. The molecule has 1 fully saturated rings. The lowest BCUT2D eigenvalue weighted by atomic mass is 10.4. The molecule has 9 heteroatoms. The van der Waals surface area contributed by atoms with Gasteiger partial charge < -0.3 is 24.7 Å². The number of hydrogen-bond donors (Lipinski definition) is 2. The van der Waals surface area contributed by atoms with Gasteiger partial charge in [-0.25, -0.2) is 4.99 Å². The van der Waals surface area contributed by atoms with Crippen LogP contribution in [0.4, 0.5) is 0 Å². The van der Waals surface area contributed by atoms with Crippen LogP contribution < -0.4 is 10.6 Å². The van der Waals surface area contributed by atoms with E-state index >= 15 is 0 Å². The summed E-state index contributed by atoms with van der Waals surface area (Å²) in [6.45, 7) is 6.52. The third kappa shape index (κ3) is 9.13. The van der Waals surface area contributed by atoms with Crippen LogP contribution in [0.15, 0.2) is 4.99 Å². The largest absolute Gasteiger partial charge is 0.385 e. The summed E-state index contributed by atoms with van der Waals surface area (Å²) < 4.78 is 12.7. The third-order valence-electron chi connectivity index (χ3n) is 4.19. The highest BCUT2D eigenvalue weighted by atomic mass is 127. The lowest BCUT2D eigenvalue weighted by molar-refractivity contribution is 0.123. The van der Waals surface area contributed by atoms with Crippen LogP contribution >= 0.6 is 24.0 Å². The Morgan fingerprint density at radius 2 is 1.88 bits per heavy atom. The van der Waals surface area contributed by atoms with Gasteiger partial charge in [-0.15, -0.1) is 34.2 Å². The number of nitrogens with one attached hydrogen (secondary N) is 2.